The number of hydrogen-bond acceptors (Lipinski definition) is 5. The lowest BCUT2D eigenvalue weighted by Gasteiger charge is -2.28. The van der Waals surface area contributed by atoms with E-state index in [1.54, 1.807) is 0 Å². The fourth-order valence-corrected chi connectivity index (χ4v) is 1.66. The van der Waals surface area contributed by atoms with Crippen LogP contribution in [0.5, 0.6) is 0 Å². The van der Waals surface area contributed by atoms with E-state index >= 15 is 0 Å². The first-order valence-corrected chi connectivity index (χ1v) is 5.49. The van der Waals surface area contributed by atoms with Gasteiger partial charge in [-0.1, -0.05) is 0 Å². The fraction of sp³-hybridized carbons (Fsp3) is 0.417. The molecule has 1 aromatic rings. The summed E-state index contributed by atoms with van der Waals surface area (Å²) in [5, 5.41) is 10.7. The standard InChI is InChI=1S/C12H15FN2O4/c1-12(2,11(16)19-3)10(14)8-6-7(15(17)18)4-5-9(8)13/h4-6,10H,14H2,1-3H3/t10-/m0/s1. The van der Waals surface area contributed by atoms with Crippen LogP contribution in [-0.2, 0) is 9.53 Å². The number of methoxy groups -OCH3 is 1. The Morgan fingerprint density at radius 3 is 2.58 bits per heavy atom. The van der Waals surface area contributed by atoms with Crippen LogP contribution in [0.2, 0.25) is 0 Å². The zero-order chi connectivity index (χ0) is 14.8. The van der Waals surface area contributed by atoms with E-state index in [1.165, 1.54) is 21.0 Å². The van der Waals surface area contributed by atoms with Crippen LogP contribution < -0.4 is 5.73 Å². The number of carbonyl (C=O) groups excluding carboxylic acids is 1. The van der Waals surface area contributed by atoms with Gasteiger partial charge in [-0.2, -0.15) is 0 Å². The number of benzene rings is 1. The molecule has 0 aliphatic rings. The average molecular weight is 270 g/mol. The molecule has 1 aromatic carbocycles. The molecule has 19 heavy (non-hydrogen) atoms. The van der Waals surface area contributed by atoms with E-state index in [4.69, 9.17) is 5.73 Å². The summed E-state index contributed by atoms with van der Waals surface area (Å²) in [5.74, 6) is -1.32. The van der Waals surface area contributed by atoms with Crippen molar-refractivity contribution in [1.82, 2.24) is 0 Å². The first-order valence-electron chi connectivity index (χ1n) is 5.49. The average Bonchev–Trinajstić information content (AvgIpc) is 2.36. The molecule has 0 aromatic heterocycles. The van der Waals surface area contributed by atoms with Gasteiger partial charge in [0, 0.05) is 23.7 Å². The number of rotatable bonds is 4. The first kappa shape index (κ1) is 15.0. The highest BCUT2D eigenvalue weighted by atomic mass is 19.1. The highest BCUT2D eigenvalue weighted by molar-refractivity contribution is 5.77. The highest BCUT2D eigenvalue weighted by Crippen LogP contribution is 2.35. The third-order valence-corrected chi connectivity index (χ3v) is 3.01. The number of non-ortho nitro benzene ring substituents is 1. The minimum atomic E-state index is -1.20. The maximum absolute atomic E-state index is 13.7. The van der Waals surface area contributed by atoms with Crippen LogP contribution in [-0.4, -0.2) is 18.0 Å². The van der Waals surface area contributed by atoms with Gasteiger partial charge in [0.2, 0.25) is 0 Å². The third-order valence-electron chi connectivity index (χ3n) is 3.01. The Morgan fingerprint density at radius 1 is 1.53 bits per heavy atom. The van der Waals surface area contributed by atoms with Crippen molar-refractivity contribution < 1.29 is 18.8 Å². The number of halogens is 1. The number of nitro groups is 1. The van der Waals surface area contributed by atoms with E-state index in [0.717, 1.165) is 18.2 Å². The summed E-state index contributed by atoms with van der Waals surface area (Å²) in [7, 11) is 1.20. The van der Waals surface area contributed by atoms with Crippen LogP contribution in [0, 0.1) is 21.3 Å². The molecule has 2 N–H and O–H groups in total. The smallest absolute Gasteiger partial charge is 0.313 e. The lowest BCUT2D eigenvalue weighted by Crippen LogP contribution is -2.37. The van der Waals surface area contributed by atoms with Gasteiger partial charge >= 0.3 is 5.97 Å². The van der Waals surface area contributed by atoms with Gasteiger partial charge < -0.3 is 10.5 Å². The van der Waals surface area contributed by atoms with Crippen LogP contribution >= 0.6 is 0 Å². The topological polar surface area (TPSA) is 95.5 Å². The zero-order valence-corrected chi connectivity index (χ0v) is 10.8. The van der Waals surface area contributed by atoms with Crippen molar-refractivity contribution >= 4 is 11.7 Å². The molecule has 0 saturated heterocycles. The van der Waals surface area contributed by atoms with Gasteiger partial charge in [0.1, 0.15) is 5.82 Å². The van der Waals surface area contributed by atoms with E-state index in [1.807, 2.05) is 0 Å². The molecule has 7 heteroatoms. The molecule has 0 bridgehead atoms. The van der Waals surface area contributed by atoms with Crippen molar-refractivity contribution in [2.45, 2.75) is 19.9 Å². The normalized spacial score (nSPS) is 12.9. The Balaban J connectivity index is 3.25. The van der Waals surface area contributed by atoms with E-state index in [2.05, 4.69) is 4.74 Å². The van der Waals surface area contributed by atoms with Crippen LogP contribution in [0.15, 0.2) is 18.2 Å². The molecule has 6 nitrogen and oxygen atoms in total. The second-order valence-electron chi connectivity index (χ2n) is 4.65. The first-order chi connectivity index (χ1) is 8.71. The Hall–Kier alpha value is -2.02. The molecule has 0 fully saturated rings. The molecule has 0 amide bonds. The number of nitrogens with two attached hydrogens (primary N) is 1. The molecule has 0 radical (unpaired) electrons. The van der Waals surface area contributed by atoms with Crippen molar-refractivity contribution in [3.8, 4) is 0 Å². The summed E-state index contributed by atoms with van der Waals surface area (Å²) in [6, 6.07) is 1.97. The lowest BCUT2D eigenvalue weighted by molar-refractivity contribution is -0.385. The van der Waals surface area contributed by atoms with Crippen molar-refractivity contribution in [2.75, 3.05) is 7.11 Å². The van der Waals surface area contributed by atoms with Crippen molar-refractivity contribution in [2.24, 2.45) is 11.1 Å². The highest BCUT2D eigenvalue weighted by Gasteiger charge is 2.38. The SMILES string of the molecule is COC(=O)C(C)(C)[C@@H](N)c1cc([N+](=O)[O-])ccc1F. The van der Waals surface area contributed by atoms with Crippen LogP contribution in [0.3, 0.4) is 0 Å². The van der Waals surface area contributed by atoms with E-state index < -0.39 is 28.2 Å². The number of hydrogen-bond donors (Lipinski definition) is 1. The molecular weight excluding hydrogens is 255 g/mol. The third kappa shape index (κ3) is 2.87. The van der Waals surface area contributed by atoms with Crippen molar-refractivity contribution in [3.63, 3.8) is 0 Å². The second-order valence-corrected chi connectivity index (χ2v) is 4.65. The summed E-state index contributed by atoms with van der Waals surface area (Å²) in [6.07, 6.45) is 0. The van der Waals surface area contributed by atoms with Gasteiger partial charge in [0.25, 0.3) is 5.69 Å². The molecular formula is C12H15FN2O4. The lowest BCUT2D eigenvalue weighted by atomic mass is 9.80. The van der Waals surface area contributed by atoms with Crippen LogP contribution in [0.25, 0.3) is 0 Å². The Kier molecular flexibility index (Phi) is 4.21. The largest absolute Gasteiger partial charge is 0.469 e. The molecule has 0 unspecified atom stereocenters. The molecule has 0 spiro atoms. The van der Waals surface area contributed by atoms with Gasteiger partial charge in [-0.05, 0) is 19.9 Å². The number of ether oxygens (including phenoxy) is 1. The molecule has 0 aliphatic carbocycles. The molecule has 0 saturated carbocycles. The fourth-order valence-electron chi connectivity index (χ4n) is 1.66. The molecule has 0 aliphatic heterocycles. The van der Waals surface area contributed by atoms with Crippen molar-refractivity contribution in [1.29, 1.82) is 0 Å². The number of esters is 1. The van der Waals surface area contributed by atoms with Crippen LogP contribution in [0.4, 0.5) is 10.1 Å². The second kappa shape index (κ2) is 5.31. The van der Waals surface area contributed by atoms with Crippen LogP contribution in [0.1, 0.15) is 25.5 Å². The summed E-state index contributed by atoms with van der Waals surface area (Å²) >= 11 is 0. The number of nitrogens with zero attached hydrogens (tertiary/aromatic N) is 1. The minimum Gasteiger partial charge on any atom is -0.469 e. The maximum Gasteiger partial charge on any atom is 0.313 e. The Morgan fingerprint density at radius 2 is 2.11 bits per heavy atom. The van der Waals surface area contributed by atoms with Crippen molar-refractivity contribution in [3.05, 3.63) is 39.7 Å². The van der Waals surface area contributed by atoms with Gasteiger partial charge in [0.15, 0.2) is 0 Å². The Labute approximate surface area is 109 Å². The predicted molar refractivity (Wildman–Crippen MR) is 65.8 cm³/mol. The molecule has 1 atom stereocenters. The quantitative estimate of drug-likeness (QED) is 0.512. The monoisotopic (exact) mass is 270 g/mol. The molecule has 0 heterocycles. The molecule has 1 rings (SSSR count). The van der Waals surface area contributed by atoms with E-state index in [0.29, 0.717) is 0 Å². The Bertz CT molecular complexity index is 516. The summed E-state index contributed by atoms with van der Waals surface area (Å²) in [6.45, 7) is 2.98. The summed E-state index contributed by atoms with van der Waals surface area (Å²) in [4.78, 5) is 21.6. The predicted octanol–water partition coefficient (Wildman–Crippen LogP) is 1.93. The zero-order valence-electron chi connectivity index (χ0n) is 10.8. The summed E-state index contributed by atoms with van der Waals surface area (Å²) < 4.78 is 18.3. The van der Waals surface area contributed by atoms with Gasteiger partial charge in [-0.3, -0.25) is 14.9 Å². The number of nitro benzene ring substituents is 1. The maximum atomic E-state index is 13.7. The van der Waals surface area contributed by atoms with Gasteiger partial charge in [-0.25, -0.2) is 4.39 Å². The van der Waals surface area contributed by atoms with Gasteiger partial charge in [0.05, 0.1) is 17.4 Å². The summed E-state index contributed by atoms with van der Waals surface area (Å²) in [5.41, 5.74) is 4.27. The minimum absolute atomic E-state index is 0.0930. The number of carbonyl (C=O) groups is 1. The van der Waals surface area contributed by atoms with Gasteiger partial charge in [-0.15, -0.1) is 0 Å². The van der Waals surface area contributed by atoms with E-state index in [9.17, 15) is 19.3 Å². The van der Waals surface area contributed by atoms with E-state index in [-0.39, 0.29) is 11.3 Å². The molecule has 104 valence electrons.